The summed E-state index contributed by atoms with van der Waals surface area (Å²) in [6.45, 7) is 0. The van der Waals surface area contributed by atoms with Crippen molar-refractivity contribution in [2.45, 2.75) is 25.7 Å². The smallest absolute Gasteiger partial charge is 0.155 e. The predicted octanol–water partition coefficient (Wildman–Crippen LogP) is 3.84. The van der Waals surface area contributed by atoms with Gasteiger partial charge in [0.25, 0.3) is 0 Å². The first kappa shape index (κ1) is 16.9. The Morgan fingerprint density at radius 3 is 2.52 bits per heavy atom. The molecule has 3 heteroatoms. The minimum Gasteiger partial charge on any atom is -0.378 e. The standard InChI is InChI=1S/C20H24N2O/c1-22(2)19-12-9-17(10-13-19)11-14-20(23)8-4-3-6-18-7-5-15-21-16-18/h4-5,7-10,12-13,15-16H,3,6,11,14H2,1-2H3/b8-4+. The molecule has 0 aliphatic heterocycles. The average Bonchev–Trinajstić information content (AvgIpc) is 2.58. The maximum atomic E-state index is 11.9. The molecule has 2 aromatic rings. The van der Waals surface area contributed by atoms with E-state index in [4.69, 9.17) is 0 Å². The molecule has 0 saturated heterocycles. The second kappa shape index (κ2) is 8.89. The first-order valence-corrected chi connectivity index (χ1v) is 7.99. The molecular formula is C20H24N2O. The van der Waals surface area contributed by atoms with Crippen molar-refractivity contribution in [3.8, 4) is 0 Å². The van der Waals surface area contributed by atoms with Crippen LogP contribution < -0.4 is 4.90 Å². The SMILES string of the molecule is CN(C)c1ccc(CCC(=O)/C=C/CCc2cccnc2)cc1. The van der Waals surface area contributed by atoms with Gasteiger partial charge in [0.2, 0.25) is 0 Å². The van der Waals surface area contributed by atoms with Gasteiger partial charge in [0.05, 0.1) is 0 Å². The molecule has 1 aromatic carbocycles. The summed E-state index contributed by atoms with van der Waals surface area (Å²) in [5, 5.41) is 0. The van der Waals surface area contributed by atoms with Gasteiger partial charge in [-0.2, -0.15) is 0 Å². The fourth-order valence-electron chi connectivity index (χ4n) is 2.32. The Balaban J connectivity index is 1.71. The zero-order valence-corrected chi connectivity index (χ0v) is 13.9. The van der Waals surface area contributed by atoms with Crippen molar-refractivity contribution in [3.05, 3.63) is 72.1 Å². The van der Waals surface area contributed by atoms with Crippen LogP contribution in [-0.2, 0) is 17.6 Å². The number of carbonyl (C=O) groups is 1. The highest BCUT2D eigenvalue weighted by Gasteiger charge is 2.00. The molecule has 0 spiro atoms. The molecule has 0 radical (unpaired) electrons. The van der Waals surface area contributed by atoms with E-state index in [0.717, 1.165) is 19.3 Å². The summed E-state index contributed by atoms with van der Waals surface area (Å²) in [5.74, 6) is 0.188. The normalized spacial score (nSPS) is 10.9. The number of aryl methyl sites for hydroxylation is 2. The molecule has 0 aliphatic carbocycles. The molecule has 0 N–H and O–H groups in total. The van der Waals surface area contributed by atoms with Crippen molar-refractivity contribution in [1.29, 1.82) is 0 Å². The molecule has 2 rings (SSSR count). The zero-order chi connectivity index (χ0) is 16.5. The highest BCUT2D eigenvalue weighted by atomic mass is 16.1. The number of carbonyl (C=O) groups excluding carboxylic acids is 1. The van der Waals surface area contributed by atoms with Crippen molar-refractivity contribution in [2.24, 2.45) is 0 Å². The van der Waals surface area contributed by atoms with Gasteiger partial charge in [0.1, 0.15) is 0 Å². The van der Waals surface area contributed by atoms with Crippen LogP contribution in [0.3, 0.4) is 0 Å². The molecule has 1 heterocycles. The van der Waals surface area contributed by atoms with Crippen LogP contribution in [0.2, 0.25) is 0 Å². The Kier molecular flexibility index (Phi) is 6.55. The van der Waals surface area contributed by atoms with Crippen LogP contribution >= 0.6 is 0 Å². The summed E-state index contributed by atoms with van der Waals surface area (Å²) in [6.07, 6.45) is 10.5. The lowest BCUT2D eigenvalue weighted by molar-refractivity contribution is -0.114. The van der Waals surface area contributed by atoms with Crippen molar-refractivity contribution < 1.29 is 4.79 Å². The van der Waals surface area contributed by atoms with E-state index in [2.05, 4.69) is 40.2 Å². The fourth-order valence-corrected chi connectivity index (χ4v) is 2.32. The van der Waals surface area contributed by atoms with Crippen LogP contribution in [0.15, 0.2) is 60.9 Å². The third-order valence-corrected chi connectivity index (χ3v) is 3.74. The van der Waals surface area contributed by atoms with Crippen molar-refractivity contribution in [3.63, 3.8) is 0 Å². The lowest BCUT2D eigenvalue weighted by Gasteiger charge is -2.12. The van der Waals surface area contributed by atoms with E-state index in [9.17, 15) is 4.79 Å². The number of hydrogen-bond donors (Lipinski definition) is 0. The van der Waals surface area contributed by atoms with Crippen LogP contribution in [-0.4, -0.2) is 24.9 Å². The number of pyridine rings is 1. The van der Waals surface area contributed by atoms with Crippen LogP contribution in [0.25, 0.3) is 0 Å². The van der Waals surface area contributed by atoms with Crippen LogP contribution in [0.1, 0.15) is 24.0 Å². The molecular weight excluding hydrogens is 284 g/mol. The molecule has 120 valence electrons. The Labute approximate surface area is 138 Å². The van der Waals surface area contributed by atoms with E-state index < -0.39 is 0 Å². The largest absolute Gasteiger partial charge is 0.378 e. The van der Waals surface area contributed by atoms with E-state index in [1.165, 1.54) is 16.8 Å². The molecule has 0 unspecified atom stereocenters. The number of anilines is 1. The molecule has 0 fully saturated rings. The lowest BCUT2D eigenvalue weighted by atomic mass is 10.1. The maximum absolute atomic E-state index is 11.9. The van der Waals surface area contributed by atoms with E-state index in [1.54, 1.807) is 12.3 Å². The maximum Gasteiger partial charge on any atom is 0.155 e. The molecule has 0 amide bonds. The fraction of sp³-hybridized carbons (Fsp3) is 0.300. The molecule has 1 aromatic heterocycles. The Morgan fingerprint density at radius 2 is 1.87 bits per heavy atom. The van der Waals surface area contributed by atoms with Gasteiger partial charge in [0, 0.05) is 38.6 Å². The van der Waals surface area contributed by atoms with Gasteiger partial charge < -0.3 is 4.90 Å². The summed E-state index contributed by atoms with van der Waals surface area (Å²) in [7, 11) is 4.05. The highest BCUT2D eigenvalue weighted by Crippen LogP contribution is 2.13. The zero-order valence-electron chi connectivity index (χ0n) is 13.9. The second-order valence-corrected chi connectivity index (χ2v) is 5.83. The van der Waals surface area contributed by atoms with Gasteiger partial charge in [-0.25, -0.2) is 0 Å². The summed E-state index contributed by atoms with van der Waals surface area (Å²) < 4.78 is 0. The van der Waals surface area contributed by atoms with E-state index in [1.807, 2.05) is 32.4 Å². The summed E-state index contributed by atoms with van der Waals surface area (Å²) in [4.78, 5) is 18.0. The number of rotatable bonds is 8. The number of hydrogen-bond acceptors (Lipinski definition) is 3. The average molecular weight is 308 g/mol. The quantitative estimate of drug-likeness (QED) is 0.695. The van der Waals surface area contributed by atoms with Crippen molar-refractivity contribution in [2.75, 3.05) is 19.0 Å². The summed E-state index contributed by atoms with van der Waals surface area (Å²) >= 11 is 0. The van der Waals surface area contributed by atoms with Crippen LogP contribution in [0.4, 0.5) is 5.69 Å². The molecule has 23 heavy (non-hydrogen) atoms. The van der Waals surface area contributed by atoms with Gasteiger partial charge in [-0.05, 0) is 54.7 Å². The molecule has 0 bridgehead atoms. The van der Waals surface area contributed by atoms with E-state index >= 15 is 0 Å². The Bertz CT molecular complexity index is 630. The van der Waals surface area contributed by atoms with Gasteiger partial charge in [-0.3, -0.25) is 9.78 Å². The molecule has 0 aliphatic rings. The monoisotopic (exact) mass is 308 g/mol. The van der Waals surface area contributed by atoms with Crippen molar-refractivity contribution in [1.82, 2.24) is 4.98 Å². The summed E-state index contributed by atoms with van der Waals surface area (Å²) in [6, 6.07) is 12.3. The lowest BCUT2D eigenvalue weighted by Crippen LogP contribution is -2.08. The van der Waals surface area contributed by atoms with E-state index in [0.29, 0.717) is 6.42 Å². The summed E-state index contributed by atoms with van der Waals surface area (Å²) in [5.41, 5.74) is 3.58. The Morgan fingerprint density at radius 1 is 1.09 bits per heavy atom. The predicted molar refractivity (Wildman–Crippen MR) is 95.8 cm³/mol. The van der Waals surface area contributed by atoms with Gasteiger partial charge in [-0.15, -0.1) is 0 Å². The number of nitrogens with zero attached hydrogens (tertiary/aromatic N) is 2. The third kappa shape index (κ3) is 6.07. The topological polar surface area (TPSA) is 33.2 Å². The molecule has 0 atom stereocenters. The van der Waals surface area contributed by atoms with Crippen molar-refractivity contribution >= 4 is 11.5 Å². The van der Waals surface area contributed by atoms with Crippen LogP contribution in [0, 0.1) is 0 Å². The number of benzene rings is 1. The van der Waals surface area contributed by atoms with Gasteiger partial charge in [0.15, 0.2) is 5.78 Å². The molecule has 0 saturated carbocycles. The number of allylic oxidation sites excluding steroid dienone is 2. The first-order chi connectivity index (χ1) is 11.1. The molecule has 3 nitrogen and oxygen atoms in total. The number of ketones is 1. The van der Waals surface area contributed by atoms with E-state index in [-0.39, 0.29) is 5.78 Å². The van der Waals surface area contributed by atoms with Gasteiger partial charge >= 0.3 is 0 Å². The third-order valence-electron chi connectivity index (χ3n) is 3.74. The van der Waals surface area contributed by atoms with Gasteiger partial charge in [-0.1, -0.05) is 24.3 Å². The highest BCUT2D eigenvalue weighted by molar-refractivity contribution is 5.89. The second-order valence-electron chi connectivity index (χ2n) is 5.83. The minimum absolute atomic E-state index is 0.188. The first-order valence-electron chi connectivity index (χ1n) is 7.99. The Hall–Kier alpha value is -2.42. The number of aromatic nitrogens is 1. The van der Waals surface area contributed by atoms with Crippen LogP contribution in [0.5, 0.6) is 0 Å². The minimum atomic E-state index is 0.188.